The quantitative estimate of drug-likeness (QED) is 0.254. The van der Waals surface area contributed by atoms with E-state index in [-0.39, 0.29) is 35.9 Å². The Morgan fingerprint density at radius 3 is 2.71 bits per heavy atom. The van der Waals surface area contributed by atoms with Crippen molar-refractivity contribution in [2.75, 3.05) is 50.8 Å². The number of nitrogens with zero attached hydrogens (tertiary/aromatic N) is 3. The molecule has 2 aliphatic heterocycles. The number of benzene rings is 1. The molecule has 1 aromatic rings. The molecule has 1 N–H and O–H groups in total. The van der Waals surface area contributed by atoms with E-state index >= 15 is 0 Å². The van der Waals surface area contributed by atoms with Crippen LogP contribution in [0.5, 0.6) is 0 Å². The van der Waals surface area contributed by atoms with Crippen molar-refractivity contribution in [2.24, 2.45) is 16.8 Å². The standard InChI is InChI=1S/C22H32F2N4O2.HI/c1-3-25-22(28-10-5-6-17(15-28)21(29)30-4-2)26-13-16-9-11-27(14-16)18-7-8-19(23)20(24)12-18;/h7-8,12,16-17H,3-6,9-11,13-15H2,1-2H3,(H,25,26);1H/t16?,17-;/m0./s1. The third-order valence-electron chi connectivity index (χ3n) is 5.73. The topological polar surface area (TPSA) is 57.2 Å². The zero-order valence-corrected chi connectivity index (χ0v) is 20.6. The van der Waals surface area contributed by atoms with Crippen molar-refractivity contribution in [3.63, 3.8) is 0 Å². The highest BCUT2D eigenvalue weighted by molar-refractivity contribution is 14.0. The molecule has 2 heterocycles. The van der Waals surface area contributed by atoms with Crippen molar-refractivity contribution >= 4 is 41.6 Å². The van der Waals surface area contributed by atoms with Crippen molar-refractivity contribution in [2.45, 2.75) is 33.1 Å². The molecule has 0 bridgehead atoms. The first-order valence-electron chi connectivity index (χ1n) is 10.9. The van der Waals surface area contributed by atoms with E-state index in [1.54, 1.807) is 6.07 Å². The van der Waals surface area contributed by atoms with Gasteiger partial charge in [-0.25, -0.2) is 8.78 Å². The molecular weight excluding hydrogens is 517 g/mol. The highest BCUT2D eigenvalue weighted by Gasteiger charge is 2.29. The van der Waals surface area contributed by atoms with E-state index in [0.717, 1.165) is 51.4 Å². The lowest BCUT2D eigenvalue weighted by Crippen LogP contribution is -2.48. The van der Waals surface area contributed by atoms with Gasteiger partial charge >= 0.3 is 5.97 Å². The van der Waals surface area contributed by atoms with Crippen LogP contribution in [0.3, 0.4) is 0 Å². The number of hydrogen-bond donors (Lipinski definition) is 1. The average Bonchev–Trinajstić information content (AvgIpc) is 3.22. The molecule has 31 heavy (non-hydrogen) atoms. The SMILES string of the molecule is CCNC(=NCC1CCN(c2ccc(F)c(F)c2)C1)N1CCC[C@H](C(=O)OCC)C1.I. The predicted molar refractivity (Wildman–Crippen MR) is 129 cm³/mol. The first-order valence-corrected chi connectivity index (χ1v) is 10.9. The number of anilines is 1. The lowest BCUT2D eigenvalue weighted by atomic mass is 9.98. The van der Waals surface area contributed by atoms with Crippen molar-refractivity contribution in [1.29, 1.82) is 0 Å². The molecule has 1 aromatic carbocycles. The molecule has 2 aliphatic rings. The summed E-state index contributed by atoms with van der Waals surface area (Å²) < 4.78 is 31.9. The van der Waals surface area contributed by atoms with Crippen molar-refractivity contribution in [3.8, 4) is 0 Å². The van der Waals surface area contributed by atoms with Gasteiger partial charge in [0.1, 0.15) is 0 Å². The van der Waals surface area contributed by atoms with E-state index < -0.39 is 11.6 Å². The highest BCUT2D eigenvalue weighted by atomic mass is 127. The number of nitrogens with one attached hydrogen (secondary N) is 1. The van der Waals surface area contributed by atoms with E-state index in [9.17, 15) is 13.6 Å². The smallest absolute Gasteiger partial charge is 0.310 e. The van der Waals surface area contributed by atoms with E-state index in [4.69, 9.17) is 9.73 Å². The maximum Gasteiger partial charge on any atom is 0.310 e. The van der Waals surface area contributed by atoms with E-state index in [1.165, 1.54) is 12.1 Å². The normalized spacial score (nSPS) is 21.6. The number of carbonyl (C=O) groups excluding carboxylic acids is 1. The van der Waals surface area contributed by atoms with Crippen molar-refractivity contribution in [1.82, 2.24) is 10.2 Å². The Kier molecular flexibility index (Phi) is 10.2. The number of aliphatic imine (C=N–C) groups is 1. The minimum Gasteiger partial charge on any atom is -0.466 e. The molecular formula is C22H33F2IN4O2. The maximum absolute atomic E-state index is 13.5. The minimum absolute atomic E-state index is 0. The molecule has 0 aliphatic carbocycles. The van der Waals surface area contributed by atoms with Gasteiger partial charge in [-0.15, -0.1) is 24.0 Å². The highest BCUT2D eigenvalue weighted by Crippen LogP contribution is 2.26. The molecule has 0 saturated carbocycles. The number of guanidine groups is 1. The number of rotatable bonds is 6. The van der Waals surface area contributed by atoms with E-state index in [1.807, 2.05) is 13.8 Å². The summed E-state index contributed by atoms with van der Waals surface area (Å²) in [4.78, 5) is 21.2. The molecule has 9 heteroatoms. The summed E-state index contributed by atoms with van der Waals surface area (Å²) in [5, 5.41) is 3.34. The second-order valence-corrected chi connectivity index (χ2v) is 7.93. The number of hydrogen-bond acceptors (Lipinski definition) is 4. The van der Waals surface area contributed by atoms with Gasteiger partial charge in [0.15, 0.2) is 17.6 Å². The summed E-state index contributed by atoms with van der Waals surface area (Å²) in [7, 11) is 0. The Balaban J connectivity index is 0.00000341. The van der Waals surface area contributed by atoms with Crippen LogP contribution in [0, 0.1) is 23.5 Å². The number of carbonyl (C=O) groups is 1. The Morgan fingerprint density at radius 2 is 2.00 bits per heavy atom. The van der Waals surface area contributed by atoms with Gasteiger partial charge in [0.25, 0.3) is 0 Å². The van der Waals surface area contributed by atoms with Gasteiger partial charge in [-0.1, -0.05) is 0 Å². The Bertz CT molecular complexity index is 765. The lowest BCUT2D eigenvalue weighted by molar-refractivity contribution is -0.149. The van der Waals surface area contributed by atoms with Crippen molar-refractivity contribution in [3.05, 3.63) is 29.8 Å². The molecule has 0 spiro atoms. The largest absolute Gasteiger partial charge is 0.466 e. The van der Waals surface area contributed by atoms with Gasteiger partial charge in [0.05, 0.1) is 12.5 Å². The summed E-state index contributed by atoms with van der Waals surface area (Å²) in [5.41, 5.74) is 0.709. The van der Waals surface area contributed by atoms with Crippen LogP contribution in [-0.2, 0) is 9.53 Å². The van der Waals surface area contributed by atoms with Crippen LogP contribution in [0.2, 0.25) is 0 Å². The van der Waals surface area contributed by atoms with Crippen LogP contribution < -0.4 is 10.2 Å². The van der Waals surface area contributed by atoms with Crippen molar-refractivity contribution < 1.29 is 18.3 Å². The number of piperidine rings is 1. The zero-order chi connectivity index (χ0) is 21.5. The summed E-state index contributed by atoms with van der Waals surface area (Å²) in [5.74, 6) is -0.703. The third-order valence-corrected chi connectivity index (χ3v) is 5.73. The second kappa shape index (κ2) is 12.4. The Hall–Kier alpha value is -1.65. The molecule has 6 nitrogen and oxygen atoms in total. The van der Waals surface area contributed by atoms with Gasteiger partial charge in [-0.3, -0.25) is 9.79 Å². The molecule has 0 radical (unpaired) electrons. The molecule has 3 rings (SSSR count). The molecule has 2 fully saturated rings. The fourth-order valence-electron chi connectivity index (χ4n) is 4.16. The Morgan fingerprint density at radius 1 is 1.19 bits per heavy atom. The van der Waals surface area contributed by atoms with E-state index in [2.05, 4.69) is 15.1 Å². The summed E-state index contributed by atoms with van der Waals surface area (Å²) in [6.07, 6.45) is 2.73. The molecule has 2 atom stereocenters. The lowest BCUT2D eigenvalue weighted by Gasteiger charge is -2.34. The van der Waals surface area contributed by atoms with Crippen LogP contribution in [0.4, 0.5) is 14.5 Å². The first kappa shape index (κ1) is 25.6. The second-order valence-electron chi connectivity index (χ2n) is 7.93. The van der Waals surface area contributed by atoms with Crippen LogP contribution in [-0.4, -0.2) is 62.7 Å². The number of likely N-dealkylation sites (tertiary alicyclic amines) is 1. The summed E-state index contributed by atoms with van der Waals surface area (Å²) in [6.45, 7) is 8.73. The maximum atomic E-state index is 13.5. The van der Waals surface area contributed by atoms with Crippen LogP contribution in [0.15, 0.2) is 23.2 Å². The van der Waals surface area contributed by atoms with Gasteiger partial charge < -0.3 is 19.9 Å². The summed E-state index contributed by atoms with van der Waals surface area (Å²) in [6, 6.07) is 4.06. The fourth-order valence-corrected chi connectivity index (χ4v) is 4.16. The number of ether oxygens (including phenoxy) is 1. The minimum atomic E-state index is -0.822. The van der Waals surface area contributed by atoms with Gasteiger partial charge in [0.2, 0.25) is 0 Å². The van der Waals surface area contributed by atoms with Gasteiger partial charge in [0, 0.05) is 51.0 Å². The predicted octanol–water partition coefficient (Wildman–Crippen LogP) is 3.65. The van der Waals surface area contributed by atoms with Gasteiger partial charge in [-0.2, -0.15) is 0 Å². The monoisotopic (exact) mass is 550 g/mol. The zero-order valence-electron chi connectivity index (χ0n) is 18.3. The van der Waals surface area contributed by atoms with Crippen LogP contribution in [0.1, 0.15) is 33.1 Å². The third kappa shape index (κ3) is 6.92. The average molecular weight is 550 g/mol. The summed E-state index contributed by atoms with van der Waals surface area (Å²) >= 11 is 0. The van der Waals surface area contributed by atoms with Gasteiger partial charge in [-0.05, 0) is 51.2 Å². The number of halogens is 3. The molecule has 1 unspecified atom stereocenters. The Labute approximate surface area is 200 Å². The van der Waals surface area contributed by atoms with Crippen LogP contribution in [0.25, 0.3) is 0 Å². The first-order chi connectivity index (χ1) is 14.5. The molecule has 0 amide bonds. The molecule has 174 valence electrons. The fraction of sp³-hybridized carbons (Fsp3) is 0.636. The van der Waals surface area contributed by atoms with Crippen LogP contribution >= 0.6 is 24.0 Å². The number of esters is 1. The molecule has 0 aromatic heterocycles. The molecule has 2 saturated heterocycles. The van der Waals surface area contributed by atoms with E-state index in [0.29, 0.717) is 31.3 Å².